The maximum absolute atomic E-state index is 11.2. The van der Waals surface area contributed by atoms with Crippen molar-refractivity contribution >= 4 is 17.6 Å². The predicted molar refractivity (Wildman–Crippen MR) is 88.7 cm³/mol. The lowest BCUT2D eigenvalue weighted by Crippen LogP contribution is -2.19. The van der Waals surface area contributed by atoms with Gasteiger partial charge in [-0.05, 0) is 36.8 Å². The zero-order valence-electron chi connectivity index (χ0n) is 12.9. The molecule has 6 heteroatoms. The van der Waals surface area contributed by atoms with Gasteiger partial charge in [-0.3, -0.25) is 4.79 Å². The third-order valence-electron chi connectivity index (χ3n) is 2.97. The number of carbonyl (C=O) groups is 1. The fourth-order valence-electron chi connectivity index (χ4n) is 1.86. The van der Waals surface area contributed by atoms with Gasteiger partial charge in [-0.25, -0.2) is 4.98 Å². The average molecular weight is 335 g/mol. The third kappa shape index (κ3) is 6.26. The molecule has 0 fully saturated rings. The molecule has 0 unspecified atom stereocenters. The van der Waals surface area contributed by atoms with Crippen LogP contribution in [-0.4, -0.2) is 24.1 Å². The van der Waals surface area contributed by atoms with Gasteiger partial charge in [0.05, 0.1) is 13.0 Å². The Morgan fingerprint density at radius 3 is 2.65 bits per heavy atom. The Labute approximate surface area is 140 Å². The van der Waals surface area contributed by atoms with Gasteiger partial charge in [-0.2, -0.15) is 0 Å². The van der Waals surface area contributed by atoms with Gasteiger partial charge in [0.1, 0.15) is 5.75 Å². The van der Waals surface area contributed by atoms with E-state index in [-0.39, 0.29) is 5.97 Å². The number of benzene rings is 1. The smallest absolute Gasteiger partial charge is 0.307 e. The van der Waals surface area contributed by atoms with Crippen LogP contribution in [0.25, 0.3) is 0 Å². The van der Waals surface area contributed by atoms with Crippen molar-refractivity contribution in [3.05, 3.63) is 53.2 Å². The fourth-order valence-corrected chi connectivity index (χ4v) is 1.98. The van der Waals surface area contributed by atoms with Gasteiger partial charge in [0.25, 0.3) is 0 Å². The molecule has 0 radical (unpaired) electrons. The molecule has 0 aliphatic rings. The monoisotopic (exact) mass is 334 g/mol. The summed E-state index contributed by atoms with van der Waals surface area (Å²) in [6.07, 6.45) is 2.10. The van der Waals surface area contributed by atoms with E-state index in [4.69, 9.17) is 21.1 Å². The summed E-state index contributed by atoms with van der Waals surface area (Å²) >= 11 is 5.83. The van der Waals surface area contributed by atoms with Crippen molar-refractivity contribution in [1.82, 2.24) is 10.3 Å². The van der Waals surface area contributed by atoms with Crippen molar-refractivity contribution in [3.63, 3.8) is 0 Å². The van der Waals surface area contributed by atoms with Crippen molar-refractivity contribution in [1.29, 1.82) is 0 Å². The molecule has 0 amide bonds. The Bertz CT molecular complexity index is 615. The molecular weight excluding hydrogens is 316 g/mol. The number of hydrogen-bond donors (Lipinski definition) is 1. The largest absolute Gasteiger partial charge is 0.466 e. The Hall–Kier alpha value is -2.11. The van der Waals surface area contributed by atoms with Gasteiger partial charge in [0.2, 0.25) is 5.88 Å². The van der Waals surface area contributed by atoms with E-state index in [0.29, 0.717) is 42.8 Å². The van der Waals surface area contributed by atoms with Crippen molar-refractivity contribution in [2.75, 3.05) is 13.2 Å². The minimum Gasteiger partial charge on any atom is -0.466 e. The molecule has 23 heavy (non-hydrogen) atoms. The summed E-state index contributed by atoms with van der Waals surface area (Å²) in [6, 6.07) is 10.8. The highest BCUT2D eigenvalue weighted by Gasteiger charge is 2.02. The topological polar surface area (TPSA) is 60.5 Å². The molecule has 0 bridgehead atoms. The summed E-state index contributed by atoms with van der Waals surface area (Å²) in [5.41, 5.74) is 1.01. The van der Waals surface area contributed by atoms with E-state index in [1.807, 2.05) is 6.07 Å². The Balaban J connectivity index is 1.76. The quantitative estimate of drug-likeness (QED) is 0.590. The molecule has 0 saturated carbocycles. The van der Waals surface area contributed by atoms with Crippen LogP contribution >= 0.6 is 11.6 Å². The third-order valence-corrected chi connectivity index (χ3v) is 3.23. The van der Waals surface area contributed by atoms with Crippen LogP contribution in [0.5, 0.6) is 11.6 Å². The van der Waals surface area contributed by atoms with Crippen molar-refractivity contribution in [3.8, 4) is 11.6 Å². The first-order valence-corrected chi connectivity index (χ1v) is 7.80. The number of esters is 1. The number of carbonyl (C=O) groups excluding carboxylic acids is 1. The highest BCUT2D eigenvalue weighted by atomic mass is 35.5. The second kappa shape index (κ2) is 9.12. The number of aromatic nitrogens is 1. The predicted octanol–water partition coefficient (Wildman–Crippen LogP) is 3.57. The lowest BCUT2D eigenvalue weighted by Gasteiger charge is -2.07. The molecule has 0 atom stereocenters. The molecule has 0 aliphatic carbocycles. The first kappa shape index (κ1) is 17.2. The van der Waals surface area contributed by atoms with Crippen molar-refractivity contribution in [2.24, 2.45) is 0 Å². The summed E-state index contributed by atoms with van der Waals surface area (Å²) in [7, 11) is 0. The van der Waals surface area contributed by atoms with Crippen LogP contribution in [0, 0.1) is 0 Å². The summed E-state index contributed by atoms with van der Waals surface area (Å²) in [5.74, 6) is 1.01. The van der Waals surface area contributed by atoms with Crippen LogP contribution in [0.15, 0.2) is 42.6 Å². The molecule has 1 aromatic heterocycles. The van der Waals surface area contributed by atoms with E-state index < -0.39 is 0 Å². The molecule has 1 aromatic carbocycles. The number of nitrogens with one attached hydrogen (secondary N) is 1. The van der Waals surface area contributed by atoms with Gasteiger partial charge in [-0.15, -0.1) is 0 Å². The average Bonchev–Trinajstić information content (AvgIpc) is 2.55. The molecule has 122 valence electrons. The number of hydrogen-bond acceptors (Lipinski definition) is 5. The van der Waals surface area contributed by atoms with E-state index in [9.17, 15) is 4.79 Å². The van der Waals surface area contributed by atoms with E-state index in [2.05, 4.69) is 10.3 Å². The van der Waals surface area contributed by atoms with E-state index in [1.165, 1.54) is 0 Å². The molecule has 2 rings (SSSR count). The lowest BCUT2D eigenvalue weighted by molar-refractivity contribution is -0.142. The normalized spacial score (nSPS) is 10.3. The number of nitrogens with zero attached hydrogens (tertiary/aromatic N) is 1. The maximum atomic E-state index is 11.2. The fraction of sp³-hybridized carbons (Fsp3) is 0.294. The standard InChI is InChI=1S/C17H19ClN2O3/c1-2-22-17(21)9-10-19-11-13-3-8-16(20-12-13)23-15-6-4-14(18)5-7-15/h3-8,12,19H,2,9-11H2,1H3. The second-order valence-electron chi connectivity index (χ2n) is 4.79. The first-order valence-electron chi connectivity index (χ1n) is 7.42. The van der Waals surface area contributed by atoms with Gasteiger partial charge < -0.3 is 14.8 Å². The Morgan fingerprint density at radius 2 is 2.00 bits per heavy atom. The highest BCUT2D eigenvalue weighted by molar-refractivity contribution is 6.30. The molecule has 1 N–H and O–H groups in total. The molecule has 1 heterocycles. The Kier molecular flexibility index (Phi) is 6.84. The highest BCUT2D eigenvalue weighted by Crippen LogP contribution is 2.21. The molecule has 2 aromatic rings. The van der Waals surface area contributed by atoms with E-state index in [1.54, 1.807) is 43.5 Å². The lowest BCUT2D eigenvalue weighted by atomic mass is 10.3. The summed E-state index contributed by atoms with van der Waals surface area (Å²) in [5, 5.41) is 3.83. The molecular formula is C17H19ClN2O3. The number of pyridine rings is 1. The second-order valence-corrected chi connectivity index (χ2v) is 5.23. The van der Waals surface area contributed by atoms with Crippen LogP contribution in [0.3, 0.4) is 0 Å². The van der Waals surface area contributed by atoms with Gasteiger partial charge in [0.15, 0.2) is 0 Å². The zero-order valence-corrected chi connectivity index (χ0v) is 13.7. The number of ether oxygens (including phenoxy) is 2. The minimum absolute atomic E-state index is 0.190. The number of rotatable bonds is 8. The summed E-state index contributed by atoms with van der Waals surface area (Å²) in [6.45, 7) is 3.41. The molecule has 5 nitrogen and oxygen atoms in total. The SMILES string of the molecule is CCOC(=O)CCNCc1ccc(Oc2ccc(Cl)cc2)nc1. The van der Waals surface area contributed by atoms with E-state index >= 15 is 0 Å². The first-order chi connectivity index (χ1) is 11.2. The van der Waals surface area contributed by atoms with Crippen LogP contribution in [0.4, 0.5) is 0 Å². The summed E-state index contributed by atoms with van der Waals surface area (Å²) < 4.78 is 10.5. The molecule has 0 spiro atoms. The van der Waals surface area contributed by atoms with Gasteiger partial charge >= 0.3 is 5.97 Å². The molecule has 0 aliphatic heterocycles. The van der Waals surface area contributed by atoms with Crippen molar-refractivity contribution < 1.29 is 14.3 Å². The minimum atomic E-state index is -0.190. The van der Waals surface area contributed by atoms with Crippen LogP contribution < -0.4 is 10.1 Å². The van der Waals surface area contributed by atoms with Crippen LogP contribution in [0.1, 0.15) is 18.9 Å². The number of halogens is 1. The van der Waals surface area contributed by atoms with Crippen LogP contribution in [-0.2, 0) is 16.1 Å². The van der Waals surface area contributed by atoms with Crippen LogP contribution in [0.2, 0.25) is 5.02 Å². The summed E-state index contributed by atoms with van der Waals surface area (Å²) in [4.78, 5) is 15.4. The zero-order chi connectivity index (χ0) is 16.5. The van der Waals surface area contributed by atoms with Gasteiger partial charge in [-0.1, -0.05) is 17.7 Å². The molecule has 0 saturated heterocycles. The van der Waals surface area contributed by atoms with Gasteiger partial charge in [0, 0.05) is 30.4 Å². The van der Waals surface area contributed by atoms with Crippen molar-refractivity contribution in [2.45, 2.75) is 19.9 Å². The Morgan fingerprint density at radius 1 is 1.22 bits per heavy atom. The van der Waals surface area contributed by atoms with E-state index in [0.717, 1.165) is 5.56 Å². The maximum Gasteiger partial charge on any atom is 0.307 e.